The van der Waals surface area contributed by atoms with E-state index >= 15 is 0 Å². The van der Waals surface area contributed by atoms with Crippen LogP contribution in [0.4, 0.5) is 0 Å². The first-order valence-electron chi connectivity index (χ1n) is 4.11. The van der Waals surface area contributed by atoms with Gasteiger partial charge in [-0.15, -0.1) is 17.7 Å². The van der Waals surface area contributed by atoms with Crippen LogP contribution in [0.5, 0.6) is 17.2 Å². The molecule has 0 saturated heterocycles. The summed E-state index contributed by atoms with van der Waals surface area (Å²) >= 11 is 0. The molecule has 0 amide bonds. The van der Waals surface area contributed by atoms with Crippen LogP contribution in [-0.4, -0.2) is 74.4 Å². The maximum Gasteiger partial charge on any atom is 2.00 e. The van der Waals surface area contributed by atoms with Gasteiger partial charge in [0.2, 0.25) is 0 Å². The number of phenolic OH excluding ortho intramolecular Hbond substituents is 2. The average molecular weight is 298 g/mol. The van der Waals surface area contributed by atoms with Gasteiger partial charge in [-0.25, -0.2) is 0 Å². The topological polar surface area (TPSA) is 83.8 Å². The Bertz CT molecular complexity index is 408. The average Bonchev–Trinajstić information content (AvgIpc) is 2.19. The van der Waals surface area contributed by atoms with Crippen molar-refractivity contribution in [3.8, 4) is 17.2 Å². The maximum absolute atomic E-state index is 10.6. The van der Waals surface area contributed by atoms with E-state index in [1.807, 2.05) is 0 Å². The van der Waals surface area contributed by atoms with Crippen LogP contribution in [0.3, 0.4) is 0 Å². The molecule has 0 saturated carbocycles. The zero-order valence-electron chi connectivity index (χ0n) is 9.69. The summed E-state index contributed by atoms with van der Waals surface area (Å²) in [5.74, 6) is -1.36. The molecule has 5 nitrogen and oxygen atoms in total. The first-order valence-corrected chi connectivity index (χ1v) is 4.11. The molecule has 0 radical (unpaired) electrons. The summed E-state index contributed by atoms with van der Waals surface area (Å²) < 4.78 is 4.88. The van der Waals surface area contributed by atoms with Gasteiger partial charge in [-0.05, 0) is 6.92 Å². The molecule has 0 aliphatic heterocycles. The summed E-state index contributed by atoms with van der Waals surface area (Å²) in [5.41, 5.74) is 0.0313. The molecule has 2 N–H and O–H groups in total. The van der Waals surface area contributed by atoms with E-state index in [1.54, 1.807) is 0 Å². The number of carbonyl (C=O) groups is 1. The fourth-order valence-electron chi connectivity index (χ4n) is 0.941. The van der Waals surface area contributed by atoms with Crippen molar-refractivity contribution in [2.24, 2.45) is 0 Å². The van der Waals surface area contributed by atoms with E-state index < -0.39 is 11.5 Å². The van der Waals surface area contributed by atoms with Crippen molar-refractivity contribution < 1.29 is 26.0 Å². The number of hydrogen-bond donors (Lipinski definition) is 2. The van der Waals surface area contributed by atoms with E-state index in [-0.39, 0.29) is 70.6 Å². The van der Waals surface area contributed by atoms with Gasteiger partial charge in [0.25, 0.3) is 0 Å². The Morgan fingerprint density at radius 1 is 1.50 bits per heavy atom. The summed E-state index contributed by atoms with van der Waals surface area (Å²) in [6.45, 7) is 1.07. The van der Waals surface area contributed by atoms with Crippen molar-refractivity contribution in [1.29, 1.82) is 0 Å². The van der Waals surface area contributed by atoms with Gasteiger partial charge >= 0.3 is 45.5 Å². The van der Waals surface area contributed by atoms with Crippen molar-refractivity contribution in [1.82, 2.24) is 0 Å². The molecule has 6 heteroatoms. The van der Waals surface area contributed by atoms with Gasteiger partial charge in [0.05, 0.1) is 6.29 Å². The standard InChI is InChI=1S/C10H9O5.Sr.H/c1-6(12)5-15-9-3-7(4-11)2-8(13)10(9)14;;/h2-3,13-14H,5H2,1H3;;/q-1;+2;-1. The molecule has 0 aliphatic carbocycles. The second-order valence-electron chi connectivity index (χ2n) is 2.93. The van der Waals surface area contributed by atoms with Crippen molar-refractivity contribution in [2.45, 2.75) is 6.92 Å². The largest absolute Gasteiger partial charge is 2.00 e. The minimum atomic E-state index is -0.504. The maximum atomic E-state index is 10.6. The molecule has 0 fully saturated rings. The van der Waals surface area contributed by atoms with Crippen molar-refractivity contribution in [2.75, 3.05) is 6.61 Å². The van der Waals surface area contributed by atoms with Crippen LogP contribution < -0.4 is 4.74 Å². The Hall–Kier alpha value is -0.559. The van der Waals surface area contributed by atoms with Crippen LogP contribution in [0.1, 0.15) is 13.9 Å². The Morgan fingerprint density at radius 2 is 2.12 bits per heavy atom. The molecule has 0 bridgehead atoms. The predicted molar refractivity (Wildman–Crippen MR) is 57.6 cm³/mol. The van der Waals surface area contributed by atoms with Crippen LogP contribution in [0.15, 0.2) is 12.1 Å². The molecule has 0 heterocycles. The number of rotatable bonds is 4. The van der Waals surface area contributed by atoms with E-state index in [4.69, 9.17) is 4.74 Å². The minimum absolute atomic E-state index is 0. The van der Waals surface area contributed by atoms with Gasteiger partial charge in [-0.1, -0.05) is 0 Å². The molecular weight excluding hydrogens is 288 g/mol. The molecular formula is C10H10O5Sr. The van der Waals surface area contributed by atoms with E-state index in [2.05, 4.69) is 0 Å². The molecule has 0 aromatic heterocycles. The van der Waals surface area contributed by atoms with Crippen molar-refractivity contribution >= 4 is 57.6 Å². The molecule has 0 unspecified atom stereocenters. The number of benzene rings is 1. The second-order valence-corrected chi connectivity index (χ2v) is 2.93. The van der Waals surface area contributed by atoms with Crippen LogP contribution in [-0.2, 0) is 9.59 Å². The molecule has 1 rings (SSSR count). The zero-order chi connectivity index (χ0) is 11.4. The van der Waals surface area contributed by atoms with Crippen LogP contribution in [0.25, 0.3) is 0 Å². The number of ketones is 1. The van der Waals surface area contributed by atoms with E-state index in [0.717, 1.165) is 6.07 Å². The fourth-order valence-corrected chi connectivity index (χ4v) is 0.941. The molecule has 1 aromatic carbocycles. The molecule has 82 valence electrons. The quantitative estimate of drug-likeness (QED) is 0.473. The van der Waals surface area contributed by atoms with E-state index in [9.17, 15) is 19.8 Å². The predicted octanol–water partition coefficient (Wildman–Crippen LogP) is 0.255. The third-order valence-corrected chi connectivity index (χ3v) is 1.60. The van der Waals surface area contributed by atoms with Crippen molar-refractivity contribution in [3.05, 3.63) is 17.7 Å². The smallest absolute Gasteiger partial charge is 1.00 e. The minimum Gasteiger partial charge on any atom is -1.00 e. The van der Waals surface area contributed by atoms with Gasteiger partial charge in [0.15, 0.2) is 11.5 Å². The Labute approximate surface area is 131 Å². The zero-order valence-corrected chi connectivity index (χ0v) is 12.2. The molecule has 0 atom stereocenters. The summed E-state index contributed by atoms with van der Waals surface area (Å²) in [6, 6.07) is 2.23. The summed E-state index contributed by atoms with van der Waals surface area (Å²) in [6.07, 6.45) is 1.54. The fraction of sp³-hybridized carbons (Fsp3) is 0.200. The Balaban J connectivity index is 0. The molecule has 0 spiro atoms. The summed E-state index contributed by atoms with van der Waals surface area (Å²) in [4.78, 5) is 20.9. The first-order chi connectivity index (χ1) is 7.04. The monoisotopic (exact) mass is 298 g/mol. The van der Waals surface area contributed by atoms with E-state index in [1.165, 1.54) is 19.3 Å². The first kappa shape index (κ1) is 15.4. The SMILES string of the molecule is CC(=O)COc1cc([C-]=O)cc(O)c1O.[H-].[Sr+2]. The van der Waals surface area contributed by atoms with Crippen LogP contribution in [0, 0.1) is 0 Å². The second kappa shape index (κ2) is 6.90. The number of Topliss-reactive ketones (excluding diaryl/α,β-unsaturated/α-hetero) is 1. The van der Waals surface area contributed by atoms with Gasteiger partial charge in [-0.2, -0.15) is 0 Å². The number of ether oxygens (including phenoxy) is 1. The van der Waals surface area contributed by atoms with Gasteiger partial charge in [-0.3, -0.25) is 4.79 Å². The summed E-state index contributed by atoms with van der Waals surface area (Å²) in [7, 11) is 0. The van der Waals surface area contributed by atoms with Gasteiger partial charge in [0, 0.05) is 0 Å². The number of hydrogen-bond acceptors (Lipinski definition) is 5. The van der Waals surface area contributed by atoms with Crippen LogP contribution in [0.2, 0.25) is 0 Å². The number of carbonyl (C=O) groups excluding carboxylic acids is 2. The number of aromatic hydroxyl groups is 2. The normalized spacial score (nSPS) is 9.06. The molecule has 0 aliphatic rings. The third kappa shape index (κ3) is 4.13. The van der Waals surface area contributed by atoms with E-state index in [0.29, 0.717) is 0 Å². The Kier molecular flexibility index (Phi) is 6.66. The summed E-state index contributed by atoms with van der Waals surface area (Å²) in [5, 5.41) is 18.5. The van der Waals surface area contributed by atoms with Crippen molar-refractivity contribution in [3.63, 3.8) is 0 Å². The molecule has 16 heavy (non-hydrogen) atoms. The molecule has 1 aromatic rings. The number of phenols is 2. The van der Waals surface area contributed by atoms with Gasteiger partial charge < -0.3 is 21.2 Å². The third-order valence-electron chi connectivity index (χ3n) is 1.60. The van der Waals surface area contributed by atoms with Gasteiger partial charge in [0.1, 0.15) is 18.1 Å². The Morgan fingerprint density at radius 3 is 2.62 bits per heavy atom. The van der Waals surface area contributed by atoms with Crippen LogP contribution >= 0.6 is 0 Å².